The number of hydrogen-bond donors (Lipinski definition) is 1. The van der Waals surface area contributed by atoms with Gasteiger partial charge in [-0.05, 0) is 12.1 Å². The van der Waals surface area contributed by atoms with Gasteiger partial charge in [-0.15, -0.1) is 11.8 Å². The second-order valence-corrected chi connectivity index (χ2v) is 5.12. The first-order valence-electron chi connectivity index (χ1n) is 5.84. The molecule has 0 radical (unpaired) electrons. The second-order valence-electron chi connectivity index (χ2n) is 4.07. The van der Waals surface area contributed by atoms with Gasteiger partial charge < -0.3 is 10.2 Å². The van der Waals surface area contributed by atoms with Crippen molar-refractivity contribution in [1.29, 1.82) is 5.26 Å². The van der Waals surface area contributed by atoms with Gasteiger partial charge in [0.2, 0.25) is 11.8 Å². The molecule has 0 aromatic heterocycles. The third kappa shape index (κ3) is 4.00. The van der Waals surface area contributed by atoms with E-state index in [1.165, 1.54) is 16.7 Å². The van der Waals surface area contributed by atoms with E-state index in [2.05, 4.69) is 5.32 Å². The molecule has 1 fully saturated rings. The van der Waals surface area contributed by atoms with Crippen LogP contribution in [0.3, 0.4) is 0 Å². The molecule has 6 heteroatoms. The molecule has 1 aliphatic heterocycles. The highest BCUT2D eigenvalue weighted by Crippen LogP contribution is 2.17. The molecule has 2 amide bonds. The molecule has 5 nitrogen and oxygen atoms in total. The molecule has 98 valence electrons. The van der Waals surface area contributed by atoms with Crippen LogP contribution in [0.2, 0.25) is 0 Å². The first kappa shape index (κ1) is 13.4. The Hall–Kier alpha value is -2.00. The van der Waals surface area contributed by atoms with Gasteiger partial charge in [0.15, 0.2) is 0 Å². The molecule has 0 bridgehead atoms. The molecule has 1 N–H and O–H groups in total. The fourth-order valence-electron chi connectivity index (χ4n) is 1.52. The highest BCUT2D eigenvalue weighted by Gasteiger charge is 2.38. The first-order chi connectivity index (χ1) is 9.20. The Labute approximate surface area is 115 Å². The number of thioether (sulfide) groups is 1. The molecule has 1 aromatic rings. The first-order valence-corrected chi connectivity index (χ1v) is 6.83. The van der Waals surface area contributed by atoms with Crippen LogP contribution in [0.4, 0.5) is 0 Å². The standard InChI is InChI=1S/C13H13N3O2S/c14-6-10-8-16(10)13(18)7-15-12(17)9-19-11-4-2-1-3-5-11/h1-5,10H,7-9H2,(H,15,17). The van der Waals surface area contributed by atoms with Crippen molar-refractivity contribution in [2.45, 2.75) is 10.9 Å². The van der Waals surface area contributed by atoms with Crippen molar-refractivity contribution in [3.8, 4) is 6.07 Å². The molecule has 0 saturated carbocycles. The van der Waals surface area contributed by atoms with Gasteiger partial charge >= 0.3 is 0 Å². The van der Waals surface area contributed by atoms with E-state index in [-0.39, 0.29) is 30.2 Å². The number of nitrogens with one attached hydrogen (secondary N) is 1. The van der Waals surface area contributed by atoms with E-state index in [1.807, 2.05) is 36.4 Å². The second kappa shape index (κ2) is 6.25. The summed E-state index contributed by atoms with van der Waals surface area (Å²) < 4.78 is 0. The number of hydrogen-bond acceptors (Lipinski definition) is 4. The van der Waals surface area contributed by atoms with Crippen molar-refractivity contribution < 1.29 is 9.59 Å². The topological polar surface area (TPSA) is 73.0 Å². The minimum absolute atomic E-state index is 0.0354. The molecule has 1 aromatic carbocycles. The normalized spacial score (nSPS) is 16.6. The number of carbonyl (C=O) groups excluding carboxylic acids is 2. The maximum absolute atomic E-state index is 11.5. The van der Waals surface area contributed by atoms with E-state index in [0.29, 0.717) is 6.54 Å². The van der Waals surface area contributed by atoms with E-state index in [9.17, 15) is 9.59 Å². The molecule has 1 saturated heterocycles. The quantitative estimate of drug-likeness (QED) is 0.632. The Morgan fingerprint density at radius 1 is 1.42 bits per heavy atom. The van der Waals surface area contributed by atoms with Gasteiger partial charge in [0.25, 0.3) is 0 Å². The average molecular weight is 275 g/mol. The van der Waals surface area contributed by atoms with Crippen molar-refractivity contribution in [3.05, 3.63) is 30.3 Å². The van der Waals surface area contributed by atoms with Crippen LogP contribution >= 0.6 is 11.8 Å². The largest absolute Gasteiger partial charge is 0.346 e. The Bertz CT molecular complexity index is 512. The van der Waals surface area contributed by atoms with Gasteiger partial charge in [-0.25, -0.2) is 0 Å². The monoisotopic (exact) mass is 275 g/mol. The highest BCUT2D eigenvalue weighted by molar-refractivity contribution is 8.00. The Morgan fingerprint density at radius 2 is 2.16 bits per heavy atom. The van der Waals surface area contributed by atoms with Gasteiger partial charge in [-0.1, -0.05) is 18.2 Å². The lowest BCUT2D eigenvalue weighted by molar-refractivity contribution is -0.128. The van der Waals surface area contributed by atoms with Crippen molar-refractivity contribution in [3.63, 3.8) is 0 Å². The molecule has 0 spiro atoms. The summed E-state index contributed by atoms with van der Waals surface area (Å²) in [5.41, 5.74) is 0. The van der Waals surface area contributed by atoms with Gasteiger partial charge in [-0.2, -0.15) is 5.26 Å². The summed E-state index contributed by atoms with van der Waals surface area (Å²) in [7, 11) is 0. The van der Waals surface area contributed by atoms with Crippen LogP contribution in [0, 0.1) is 11.3 Å². The molecule has 19 heavy (non-hydrogen) atoms. The van der Waals surface area contributed by atoms with Crippen LogP contribution in [-0.4, -0.2) is 41.6 Å². The zero-order valence-electron chi connectivity index (χ0n) is 10.2. The summed E-state index contributed by atoms with van der Waals surface area (Å²) in [4.78, 5) is 25.5. The van der Waals surface area contributed by atoms with E-state index >= 15 is 0 Å². The molecule has 1 heterocycles. The van der Waals surface area contributed by atoms with Gasteiger partial charge in [0, 0.05) is 4.90 Å². The fraction of sp³-hybridized carbons (Fsp3) is 0.308. The van der Waals surface area contributed by atoms with Crippen LogP contribution in [0.25, 0.3) is 0 Å². The van der Waals surface area contributed by atoms with E-state index in [1.54, 1.807) is 0 Å². The van der Waals surface area contributed by atoms with Gasteiger partial charge in [0.1, 0.15) is 6.04 Å². The van der Waals surface area contributed by atoms with Gasteiger partial charge in [0.05, 0.1) is 24.9 Å². The highest BCUT2D eigenvalue weighted by atomic mass is 32.2. The summed E-state index contributed by atoms with van der Waals surface area (Å²) in [6.07, 6.45) is 0. The number of benzene rings is 1. The molecule has 2 rings (SSSR count). The molecular formula is C13H13N3O2S. The van der Waals surface area contributed by atoms with Crippen molar-refractivity contribution in [2.24, 2.45) is 0 Å². The SMILES string of the molecule is N#CC1CN1C(=O)CNC(=O)CSc1ccccc1. The third-order valence-electron chi connectivity index (χ3n) is 2.63. The van der Waals surface area contributed by atoms with Crippen molar-refractivity contribution in [1.82, 2.24) is 10.2 Å². The van der Waals surface area contributed by atoms with Crippen LogP contribution in [0.15, 0.2) is 35.2 Å². The summed E-state index contributed by atoms with van der Waals surface area (Å²) in [5, 5.41) is 11.1. The predicted molar refractivity (Wildman–Crippen MR) is 71.3 cm³/mol. The zero-order chi connectivity index (χ0) is 13.7. The van der Waals surface area contributed by atoms with E-state index in [0.717, 1.165) is 4.90 Å². The summed E-state index contributed by atoms with van der Waals surface area (Å²) in [6, 6.07) is 11.3. The van der Waals surface area contributed by atoms with Crippen LogP contribution in [-0.2, 0) is 9.59 Å². The Balaban J connectivity index is 1.65. The fourth-order valence-corrected chi connectivity index (χ4v) is 2.27. The smallest absolute Gasteiger partial charge is 0.243 e. The van der Waals surface area contributed by atoms with Crippen LogP contribution in [0.5, 0.6) is 0 Å². The lowest BCUT2D eigenvalue weighted by Crippen LogP contribution is -2.34. The number of rotatable bonds is 5. The summed E-state index contributed by atoms with van der Waals surface area (Å²) >= 11 is 1.42. The number of carbonyl (C=O) groups is 2. The molecule has 1 unspecified atom stereocenters. The molecule has 1 atom stereocenters. The van der Waals surface area contributed by atoms with Crippen LogP contribution < -0.4 is 5.32 Å². The molecule has 1 aliphatic rings. The minimum atomic E-state index is -0.303. The number of nitriles is 1. The predicted octanol–water partition coefficient (Wildman–Crippen LogP) is 0.629. The van der Waals surface area contributed by atoms with Gasteiger partial charge in [-0.3, -0.25) is 9.59 Å². The maximum atomic E-state index is 11.5. The summed E-state index contributed by atoms with van der Waals surface area (Å²) in [5.74, 6) is -0.110. The lowest BCUT2D eigenvalue weighted by Gasteiger charge is -2.05. The average Bonchev–Trinajstić information content (AvgIpc) is 3.23. The number of nitrogens with zero attached hydrogens (tertiary/aromatic N) is 2. The Morgan fingerprint density at radius 3 is 2.79 bits per heavy atom. The third-order valence-corrected chi connectivity index (χ3v) is 3.64. The lowest BCUT2D eigenvalue weighted by atomic mass is 10.4. The van der Waals surface area contributed by atoms with Crippen molar-refractivity contribution >= 4 is 23.6 Å². The van der Waals surface area contributed by atoms with Crippen LogP contribution in [0.1, 0.15) is 0 Å². The van der Waals surface area contributed by atoms with Crippen molar-refractivity contribution in [2.75, 3.05) is 18.8 Å². The molecular weight excluding hydrogens is 262 g/mol. The maximum Gasteiger partial charge on any atom is 0.243 e. The Kier molecular flexibility index (Phi) is 4.42. The van der Waals surface area contributed by atoms with E-state index < -0.39 is 0 Å². The number of amides is 2. The van der Waals surface area contributed by atoms with E-state index in [4.69, 9.17) is 5.26 Å². The minimum Gasteiger partial charge on any atom is -0.346 e. The zero-order valence-corrected chi connectivity index (χ0v) is 11.0. The molecule has 0 aliphatic carbocycles. The summed E-state index contributed by atoms with van der Waals surface area (Å²) in [6.45, 7) is 0.441.